The van der Waals surface area contributed by atoms with Crippen LogP contribution in [0.5, 0.6) is 5.75 Å². The molecule has 1 aromatic rings. The minimum Gasteiger partial charge on any atom is -0.497 e. The number of anilines is 1. The highest BCUT2D eigenvalue weighted by molar-refractivity contribution is 5.93. The zero-order valence-corrected chi connectivity index (χ0v) is 14.1. The first-order chi connectivity index (χ1) is 10.2. The SMILES string of the molecule is C=CCC1(C)Cc2ccc(OC)cc2N1C(=O)OC(C)(C)C. The summed E-state index contributed by atoms with van der Waals surface area (Å²) in [4.78, 5) is 14.5. The summed E-state index contributed by atoms with van der Waals surface area (Å²) in [6.07, 6.45) is 2.99. The minimum atomic E-state index is -0.534. The maximum absolute atomic E-state index is 12.7. The zero-order valence-electron chi connectivity index (χ0n) is 14.1. The van der Waals surface area contributed by atoms with Gasteiger partial charge in [-0.25, -0.2) is 4.79 Å². The molecule has 22 heavy (non-hydrogen) atoms. The van der Waals surface area contributed by atoms with Crippen LogP contribution >= 0.6 is 0 Å². The summed E-state index contributed by atoms with van der Waals surface area (Å²) in [5.41, 5.74) is 1.08. The molecule has 1 unspecified atom stereocenters. The van der Waals surface area contributed by atoms with Gasteiger partial charge in [-0.15, -0.1) is 6.58 Å². The molecule has 1 heterocycles. The number of fused-ring (bicyclic) bond motifs is 1. The van der Waals surface area contributed by atoms with Crippen molar-refractivity contribution in [1.82, 2.24) is 0 Å². The van der Waals surface area contributed by atoms with Crippen molar-refractivity contribution < 1.29 is 14.3 Å². The normalized spacial score (nSPS) is 20.5. The highest BCUT2D eigenvalue weighted by Gasteiger charge is 2.44. The van der Waals surface area contributed by atoms with Crippen molar-refractivity contribution in [2.75, 3.05) is 12.0 Å². The van der Waals surface area contributed by atoms with Gasteiger partial charge < -0.3 is 9.47 Å². The predicted molar refractivity (Wildman–Crippen MR) is 88.6 cm³/mol. The molecule has 0 spiro atoms. The highest BCUT2D eigenvalue weighted by Crippen LogP contribution is 2.43. The minimum absolute atomic E-state index is 0.330. The quantitative estimate of drug-likeness (QED) is 0.780. The van der Waals surface area contributed by atoms with Gasteiger partial charge in [0.25, 0.3) is 0 Å². The molecule has 1 aromatic carbocycles. The molecule has 120 valence electrons. The molecule has 2 rings (SSSR count). The first-order valence-electron chi connectivity index (χ1n) is 7.51. The maximum Gasteiger partial charge on any atom is 0.415 e. The predicted octanol–water partition coefficient (Wildman–Crippen LogP) is 4.33. The van der Waals surface area contributed by atoms with Crippen LogP contribution in [0, 0.1) is 0 Å². The van der Waals surface area contributed by atoms with Crippen molar-refractivity contribution in [3.8, 4) is 5.75 Å². The molecule has 0 radical (unpaired) electrons. The molecule has 4 nitrogen and oxygen atoms in total. The molecule has 0 aliphatic carbocycles. The molecule has 0 fully saturated rings. The fourth-order valence-electron chi connectivity index (χ4n) is 2.91. The van der Waals surface area contributed by atoms with Crippen LogP contribution in [0.2, 0.25) is 0 Å². The van der Waals surface area contributed by atoms with Crippen LogP contribution in [0.3, 0.4) is 0 Å². The van der Waals surface area contributed by atoms with E-state index in [0.29, 0.717) is 6.42 Å². The summed E-state index contributed by atoms with van der Waals surface area (Å²) in [5.74, 6) is 0.732. The van der Waals surface area contributed by atoms with E-state index in [4.69, 9.17) is 9.47 Å². The second-order valence-electron chi connectivity index (χ2n) is 6.98. The van der Waals surface area contributed by atoms with E-state index in [0.717, 1.165) is 23.4 Å². The lowest BCUT2D eigenvalue weighted by atomic mass is 9.93. The number of hydrogen-bond donors (Lipinski definition) is 0. The Hall–Kier alpha value is -1.97. The van der Waals surface area contributed by atoms with Crippen molar-refractivity contribution in [2.24, 2.45) is 0 Å². The lowest BCUT2D eigenvalue weighted by molar-refractivity contribution is 0.0547. The topological polar surface area (TPSA) is 38.8 Å². The summed E-state index contributed by atoms with van der Waals surface area (Å²) < 4.78 is 10.9. The summed E-state index contributed by atoms with van der Waals surface area (Å²) in [5, 5.41) is 0. The van der Waals surface area contributed by atoms with Gasteiger partial charge >= 0.3 is 6.09 Å². The van der Waals surface area contributed by atoms with Crippen molar-refractivity contribution in [3.63, 3.8) is 0 Å². The first-order valence-corrected chi connectivity index (χ1v) is 7.51. The van der Waals surface area contributed by atoms with Crippen LogP contribution < -0.4 is 9.64 Å². The molecule has 0 saturated heterocycles. The lowest BCUT2D eigenvalue weighted by Gasteiger charge is -2.36. The fourth-order valence-corrected chi connectivity index (χ4v) is 2.91. The van der Waals surface area contributed by atoms with E-state index in [9.17, 15) is 4.79 Å². The maximum atomic E-state index is 12.7. The van der Waals surface area contributed by atoms with Gasteiger partial charge in [0.1, 0.15) is 11.4 Å². The second-order valence-corrected chi connectivity index (χ2v) is 6.98. The van der Waals surface area contributed by atoms with Crippen molar-refractivity contribution >= 4 is 11.8 Å². The molecule has 1 aliphatic rings. The van der Waals surface area contributed by atoms with E-state index in [2.05, 4.69) is 13.5 Å². The summed E-state index contributed by atoms with van der Waals surface area (Å²) in [7, 11) is 1.62. The largest absolute Gasteiger partial charge is 0.497 e. The Labute approximate surface area is 132 Å². The van der Waals surface area contributed by atoms with Gasteiger partial charge in [-0.1, -0.05) is 12.1 Å². The molecule has 0 saturated carbocycles. The Morgan fingerprint density at radius 2 is 2.14 bits per heavy atom. The van der Waals surface area contributed by atoms with Gasteiger partial charge in [-0.05, 0) is 52.2 Å². The highest BCUT2D eigenvalue weighted by atomic mass is 16.6. The summed E-state index contributed by atoms with van der Waals surface area (Å²) in [6, 6.07) is 5.83. The van der Waals surface area contributed by atoms with Gasteiger partial charge in [-0.3, -0.25) is 4.90 Å². The number of rotatable bonds is 3. The number of benzene rings is 1. The van der Waals surface area contributed by atoms with Crippen LogP contribution in [0.15, 0.2) is 30.9 Å². The number of nitrogens with zero attached hydrogens (tertiary/aromatic N) is 1. The summed E-state index contributed by atoms with van der Waals surface area (Å²) in [6.45, 7) is 11.5. The van der Waals surface area contributed by atoms with Gasteiger partial charge in [0.05, 0.1) is 18.3 Å². The van der Waals surface area contributed by atoms with Crippen molar-refractivity contribution in [1.29, 1.82) is 0 Å². The van der Waals surface area contributed by atoms with Gasteiger partial charge in [0.15, 0.2) is 0 Å². The van der Waals surface area contributed by atoms with Crippen LogP contribution in [-0.4, -0.2) is 24.3 Å². The third-order valence-electron chi connectivity index (χ3n) is 3.80. The smallest absolute Gasteiger partial charge is 0.415 e. The molecule has 4 heteroatoms. The van der Waals surface area contributed by atoms with Crippen LogP contribution in [0.4, 0.5) is 10.5 Å². The first kappa shape index (κ1) is 16.4. The Bertz CT molecular complexity index is 588. The molecule has 0 bridgehead atoms. The average Bonchev–Trinajstić information content (AvgIpc) is 2.67. The monoisotopic (exact) mass is 303 g/mol. The average molecular weight is 303 g/mol. The van der Waals surface area contributed by atoms with E-state index < -0.39 is 5.60 Å². The van der Waals surface area contributed by atoms with Crippen molar-refractivity contribution in [3.05, 3.63) is 36.4 Å². The molecule has 0 N–H and O–H groups in total. The van der Waals surface area contributed by atoms with Gasteiger partial charge in [0.2, 0.25) is 0 Å². The zero-order chi connectivity index (χ0) is 16.5. The lowest BCUT2D eigenvalue weighted by Crippen LogP contribution is -2.49. The van der Waals surface area contributed by atoms with Crippen LogP contribution in [0.25, 0.3) is 0 Å². The van der Waals surface area contributed by atoms with E-state index in [1.807, 2.05) is 45.0 Å². The second kappa shape index (κ2) is 5.67. The number of amides is 1. The molecular formula is C18H25NO3. The Morgan fingerprint density at radius 3 is 2.68 bits per heavy atom. The van der Waals surface area contributed by atoms with E-state index in [-0.39, 0.29) is 11.6 Å². The molecule has 1 atom stereocenters. The van der Waals surface area contributed by atoms with Crippen LogP contribution in [-0.2, 0) is 11.2 Å². The number of methoxy groups -OCH3 is 1. The third kappa shape index (κ3) is 3.11. The number of hydrogen-bond acceptors (Lipinski definition) is 3. The van der Waals surface area contributed by atoms with E-state index >= 15 is 0 Å². The number of carbonyl (C=O) groups excluding carboxylic acids is 1. The summed E-state index contributed by atoms with van der Waals surface area (Å²) >= 11 is 0. The molecule has 0 aromatic heterocycles. The van der Waals surface area contributed by atoms with Crippen LogP contribution in [0.1, 0.15) is 39.7 Å². The van der Waals surface area contributed by atoms with Crippen molar-refractivity contribution in [2.45, 2.75) is 51.7 Å². The molecule has 1 amide bonds. The Kier molecular flexibility index (Phi) is 4.23. The third-order valence-corrected chi connectivity index (χ3v) is 3.80. The Morgan fingerprint density at radius 1 is 1.45 bits per heavy atom. The number of ether oxygens (including phenoxy) is 2. The van der Waals surface area contributed by atoms with Gasteiger partial charge in [-0.2, -0.15) is 0 Å². The molecular weight excluding hydrogens is 278 g/mol. The van der Waals surface area contributed by atoms with E-state index in [1.165, 1.54) is 0 Å². The standard InChI is InChI=1S/C18H25NO3/c1-7-10-18(5)12-13-8-9-14(21-6)11-15(13)19(18)16(20)22-17(2,3)4/h7-9,11H,1,10,12H2,2-6H3. The Balaban J connectivity index is 2.45. The molecule has 1 aliphatic heterocycles. The number of carbonyl (C=O) groups is 1. The van der Waals surface area contributed by atoms with E-state index in [1.54, 1.807) is 12.0 Å². The fraction of sp³-hybridized carbons (Fsp3) is 0.500. The van der Waals surface area contributed by atoms with Gasteiger partial charge in [0, 0.05) is 6.07 Å².